The van der Waals surface area contributed by atoms with Gasteiger partial charge in [0.2, 0.25) is 0 Å². The second kappa shape index (κ2) is 8.63. The first-order valence-corrected chi connectivity index (χ1v) is 9.09. The maximum atomic E-state index is 12.6. The van der Waals surface area contributed by atoms with Crippen molar-refractivity contribution in [3.63, 3.8) is 0 Å². The van der Waals surface area contributed by atoms with E-state index in [1.807, 2.05) is 29.4 Å². The van der Waals surface area contributed by atoms with Crippen LogP contribution in [0.4, 0.5) is 4.79 Å². The number of pyridine rings is 1. The van der Waals surface area contributed by atoms with Gasteiger partial charge in [0, 0.05) is 57.7 Å². The van der Waals surface area contributed by atoms with Gasteiger partial charge in [0.1, 0.15) is 0 Å². The molecule has 1 aromatic rings. The Morgan fingerprint density at radius 2 is 1.84 bits per heavy atom. The summed E-state index contributed by atoms with van der Waals surface area (Å²) < 4.78 is 0. The molecule has 0 bridgehead atoms. The molecule has 1 fully saturated rings. The highest BCUT2D eigenvalue weighted by Crippen LogP contribution is 2.21. The van der Waals surface area contributed by atoms with Crippen molar-refractivity contribution < 1.29 is 4.79 Å². The molecule has 2 amide bonds. The molecular weight excluding hydrogens is 314 g/mol. The smallest absolute Gasteiger partial charge is 0.317 e. The molecule has 0 aromatic carbocycles. The molecule has 140 valence electrons. The number of aromatic nitrogens is 1. The summed E-state index contributed by atoms with van der Waals surface area (Å²) in [5.74, 6) is 0. The molecule has 1 atom stereocenters. The first-order chi connectivity index (χ1) is 11.8. The van der Waals surface area contributed by atoms with E-state index >= 15 is 0 Å². The second-order valence-electron chi connectivity index (χ2n) is 8.02. The number of nitrogens with zero attached hydrogens (tertiary/aromatic N) is 4. The van der Waals surface area contributed by atoms with E-state index in [0.717, 1.165) is 39.3 Å². The number of piperazine rings is 1. The van der Waals surface area contributed by atoms with E-state index in [1.165, 1.54) is 5.56 Å². The molecule has 2 rings (SSSR count). The fourth-order valence-electron chi connectivity index (χ4n) is 3.28. The van der Waals surface area contributed by atoms with Gasteiger partial charge in [-0.1, -0.05) is 13.8 Å². The van der Waals surface area contributed by atoms with Gasteiger partial charge < -0.3 is 15.1 Å². The Kier molecular flexibility index (Phi) is 6.79. The Morgan fingerprint density at radius 3 is 2.40 bits per heavy atom. The third-order valence-electron chi connectivity index (χ3n) is 5.05. The van der Waals surface area contributed by atoms with Crippen molar-refractivity contribution in [2.75, 3.05) is 46.8 Å². The van der Waals surface area contributed by atoms with Gasteiger partial charge in [0.25, 0.3) is 0 Å². The van der Waals surface area contributed by atoms with Crippen LogP contribution in [0.5, 0.6) is 0 Å². The fraction of sp³-hybridized carbons (Fsp3) is 0.684. The lowest BCUT2D eigenvalue weighted by Gasteiger charge is -2.38. The Bertz CT molecular complexity index is 538. The number of urea groups is 1. The lowest BCUT2D eigenvalue weighted by atomic mass is 9.85. The Morgan fingerprint density at radius 1 is 1.24 bits per heavy atom. The lowest BCUT2D eigenvalue weighted by molar-refractivity contribution is 0.123. The van der Waals surface area contributed by atoms with Crippen LogP contribution in [0.3, 0.4) is 0 Å². The van der Waals surface area contributed by atoms with Gasteiger partial charge in [0.05, 0.1) is 0 Å². The standard InChI is InChI=1S/C19H33N5O/c1-16(19(2,3)15-22(4)5)21-18(25)24-12-10-23(11-13-24)14-17-6-8-20-9-7-17/h6-9,16H,10-15H2,1-5H3,(H,21,25)/t16-/m0/s1. The summed E-state index contributed by atoms with van der Waals surface area (Å²) in [6, 6.07) is 4.28. The number of rotatable bonds is 6. The fourth-order valence-corrected chi connectivity index (χ4v) is 3.28. The van der Waals surface area contributed by atoms with Gasteiger partial charge in [0.15, 0.2) is 0 Å². The topological polar surface area (TPSA) is 51.7 Å². The molecule has 0 spiro atoms. The average molecular weight is 348 g/mol. The summed E-state index contributed by atoms with van der Waals surface area (Å²) in [5, 5.41) is 3.19. The summed E-state index contributed by atoms with van der Waals surface area (Å²) in [7, 11) is 4.14. The average Bonchev–Trinajstić information content (AvgIpc) is 2.55. The Balaban J connectivity index is 1.79. The largest absolute Gasteiger partial charge is 0.335 e. The molecule has 0 unspecified atom stereocenters. The van der Waals surface area contributed by atoms with Gasteiger partial charge in [-0.3, -0.25) is 9.88 Å². The van der Waals surface area contributed by atoms with Crippen LogP contribution in [0.25, 0.3) is 0 Å². The van der Waals surface area contributed by atoms with Crippen molar-refractivity contribution in [3.05, 3.63) is 30.1 Å². The number of amides is 2. The van der Waals surface area contributed by atoms with Crippen LogP contribution in [0.2, 0.25) is 0 Å². The minimum absolute atomic E-state index is 0.0301. The second-order valence-corrected chi connectivity index (χ2v) is 8.02. The van der Waals surface area contributed by atoms with E-state index in [1.54, 1.807) is 0 Å². The predicted octanol–water partition coefficient (Wildman–Crippen LogP) is 1.89. The SMILES string of the molecule is C[C@H](NC(=O)N1CCN(Cc2ccncc2)CC1)C(C)(C)CN(C)C. The highest BCUT2D eigenvalue weighted by atomic mass is 16.2. The summed E-state index contributed by atoms with van der Waals surface area (Å²) in [6.45, 7) is 11.7. The molecule has 6 nitrogen and oxygen atoms in total. The molecule has 2 heterocycles. The van der Waals surface area contributed by atoms with Crippen LogP contribution in [0.15, 0.2) is 24.5 Å². The van der Waals surface area contributed by atoms with Crippen molar-refractivity contribution in [3.8, 4) is 0 Å². The molecule has 6 heteroatoms. The van der Waals surface area contributed by atoms with Crippen molar-refractivity contribution in [2.24, 2.45) is 5.41 Å². The predicted molar refractivity (Wildman–Crippen MR) is 101 cm³/mol. The third kappa shape index (κ3) is 5.97. The Hall–Kier alpha value is -1.66. The zero-order valence-corrected chi connectivity index (χ0v) is 16.3. The van der Waals surface area contributed by atoms with Crippen molar-refractivity contribution in [2.45, 2.75) is 33.4 Å². The molecular formula is C19H33N5O. The molecule has 0 aliphatic carbocycles. The minimum atomic E-state index is 0.0301. The van der Waals surface area contributed by atoms with Gasteiger partial charge in [-0.2, -0.15) is 0 Å². The number of hydrogen-bond donors (Lipinski definition) is 1. The van der Waals surface area contributed by atoms with Gasteiger partial charge in [-0.05, 0) is 44.1 Å². The van der Waals surface area contributed by atoms with Crippen molar-refractivity contribution >= 4 is 6.03 Å². The van der Waals surface area contributed by atoms with E-state index in [0.29, 0.717) is 0 Å². The molecule has 1 aliphatic heterocycles. The Labute approximate surface area is 152 Å². The van der Waals surface area contributed by atoms with E-state index in [9.17, 15) is 4.79 Å². The van der Waals surface area contributed by atoms with Crippen molar-refractivity contribution in [1.82, 2.24) is 25.0 Å². The van der Waals surface area contributed by atoms with E-state index < -0.39 is 0 Å². The van der Waals surface area contributed by atoms with E-state index in [4.69, 9.17) is 0 Å². The van der Waals surface area contributed by atoms with Gasteiger partial charge in [-0.15, -0.1) is 0 Å². The number of carbonyl (C=O) groups excluding carboxylic acids is 1. The molecule has 0 saturated carbocycles. The van der Waals surface area contributed by atoms with Crippen LogP contribution in [0.1, 0.15) is 26.3 Å². The molecule has 0 radical (unpaired) electrons. The highest BCUT2D eigenvalue weighted by Gasteiger charge is 2.30. The monoisotopic (exact) mass is 347 g/mol. The van der Waals surface area contributed by atoms with Crippen LogP contribution in [-0.2, 0) is 6.54 Å². The minimum Gasteiger partial charge on any atom is -0.335 e. The molecule has 25 heavy (non-hydrogen) atoms. The number of hydrogen-bond acceptors (Lipinski definition) is 4. The normalized spacial score (nSPS) is 17.6. The highest BCUT2D eigenvalue weighted by molar-refractivity contribution is 5.74. The lowest BCUT2D eigenvalue weighted by Crippen LogP contribution is -2.55. The van der Waals surface area contributed by atoms with Crippen LogP contribution in [-0.4, -0.2) is 78.6 Å². The quantitative estimate of drug-likeness (QED) is 0.854. The molecule has 1 aliphatic rings. The van der Waals surface area contributed by atoms with E-state index in [2.05, 4.69) is 55.0 Å². The van der Waals surface area contributed by atoms with Crippen LogP contribution in [0, 0.1) is 5.41 Å². The van der Waals surface area contributed by atoms with Gasteiger partial charge >= 0.3 is 6.03 Å². The maximum absolute atomic E-state index is 12.6. The first kappa shape index (κ1) is 19.7. The third-order valence-corrected chi connectivity index (χ3v) is 5.05. The first-order valence-electron chi connectivity index (χ1n) is 9.09. The molecule has 1 aromatic heterocycles. The summed E-state index contributed by atoms with van der Waals surface area (Å²) in [4.78, 5) is 23.1. The summed E-state index contributed by atoms with van der Waals surface area (Å²) in [6.07, 6.45) is 3.66. The number of nitrogens with one attached hydrogen (secondary N) is 1. The summed E-state index contributed by atoms with van der Waals surface area (Å²) in [5.41, 5.74) is 1.30. The summed E-state index contributed by atoms with van der Waals surface area (Å²) >= 11 is 0. The van der Waals surface area contributed by atoms with Crippen molar-refractivity contribution in [1.29, 1.82) is 0 Å². The zero-order valence-electron chi connectivity index (χ0n) is 16.3. The van der Waals surface area contributed by atoms with Crippen LogP contribution < -0.4 is 5.32 Å². The molecule has 1 saturated heterocycles. The van der Waals surface area contributed by atoms with Crippen LogP contribution >= 0.6 is 0 Å². The molecule has 1 N–H and O–H groups in total. The zero-order chi connectivity index (χ0) is 18.4. The maximum Gasteiger partial charge on any atom is 0.317 e. The van der Waals surface area contributed by atoms with E-state index in [-0.39, 0.29) is 17.5 Å². The van der Waals surface area contributed by atoms with Gasteiger partial charge in [-0.25, -0.2) is 4.79 Å². The number of carbonyl (C=O) groups is 1.